The van der Waals surface area contributed by atoms with Gasteiger partial charge < -0.3 is 13.9 Å². The third-order valence-corrected chi connectivity index (χ3v) is 3.91. The largest absolute Gasteiger partial charge is 0.497 e. The standard InChI is InChI=1S/C21H18N2O5/c1-26-17-8-6-14(7-9-17)20(24)23-22-13-18-10-11-19(28-18)15-4-3-5-16(12-15)21(25)27-2/h3-13H,1-2H3,(H,23,24)/b22-13+. The molecule has 7 nitrogen and oxygen atoms in total. The first-order valence-electron chi connectivity index (χ1n) is 8.37. The van der Waals surface area contributed by atoms with E-state index in [1.165, 1.54) is 13.3 Å². The van der Waals surface area contributed by atoms with Gasteiger partial charge in [-0.25, -0.2) is 10.2 Å². The van der Waals surface area contributed by atoms with E-state index in [4.69, 9.17) is 13.9 Å². The Hall–Kier alpha value is -3.87. The first-order valence-corrected chi connectivity index (χ1v) is 8.37. The molecule has 3 rings (SSSR count). The van der Waals surface area contributed by atoms with E-state index in [0.29, 0.717) is 28.4 Å². The highest BCUT2D eigenvalue weighted by Gasteiger charge is 2.09. The molecule has 0 saturated heterocycles. The fourth-order valence-electron chi connectivity index (χ4n) is 2.46. The predicted octanol–water partition coefficient (Wildman–Crippen LogP) is 3.51. The molecule has 1 aromatic heterocycles. The van der Waals surface area contributed by atoms with Crippen LogP contribution in [0.2, 0.25) is 0 Å². The maximum absolute atomic E-state index is 12.1. The lowest BCUT2D eigenvalue weighted by Crippen LogP contribution is -2.17. The molecule has 1 amide bonds. The van der Waals surface area contributed by atoms with E-state index in [-0.39, 0.29) is 5.91 Å². The number of hydrogen-bond acceptors (Lipinski definition) is 6. The minimum Gasteiger partial charge on any atom is -0.497 e. The number of benzene rings is 2. The van der Waals surface area contributed by atoms with Crippen molar-refractivity contribution in [2.75, 3.05) is 14.2 Å². The van der Waals surface area contributed by atoms with Crippen LogP contribution in [0.15, 0.2) is 70.2 Å². The number of rotatable bonds is 6. The molecule has 0 unspecified atom stereocenters. The van der Waals surface area contributed by atoms with E-state index < -0.39 is 5.97 Å². The minimum atomic E-state index is -0.420. The number of carbonyl (C=O) groups is 2. The Morgan fingerprint density at radius 1 is 1.00 bits per heavy atom. The Morgan fingerprint density at radius 3 is 2.50 bits per heavy atom. The zero-order valence-corrected chi connectivity index (χ0v) is 15.3. The van der Waals surface area contributed by atoms with Crippen LogP contribution in [-0.4, -0.2) is 32.3 Å². The SMILES string of the molecule is COC(=O)c1cccc(-c2ccc(/C=N/NC(=O)c3ccc(OC)cc3)o2)c1. The number of methoxy groups -OCH3 is 2. The minimum absolute atomic E-state index is 0.350. The van der Waals surface area contributed by atoms with Crippen LogP contribution in [-0.2, 0) is 4.74 Å². The van der Waals surface area contributed by atoms with Gasteiger partial charge in [-0.15, -0.1) is 0 Å². The summed E-state index contributed by atoms with van der Waals surface area (Å²) in [4.78, 5) is 23.7. The maximum Gasteiger partial charge on any atom is 0.337 e. The Balaban J connectivity index is 1.65. The van der Waals surface area contributed by atoms with Crippen molar-refractivity contribution in [1.29, 1.82) is 0 Å². The van der Waals surface area contributed by atoms with Crippen molar-refractivity contribution < 1.29 is 23.5 Å². The van der Waals surface area contributed by atoms with Gasteiger partial charge in [-0.2, -0.15) is 5.10 Å². The summed E-state index contributed by atoms with van der Waals surface area (Å²) < 4.78 is 15.5. The number of esters is 1. The van der Waals surface area contributed by atoms with Crippen molar-refractivity contribution >= 4 is 18.1 Å². The number of carbonyl (C=O) groups excluding carboxylic acids is 2. The van der Waals surface area contributed by atoms with Gasteiger partial charge in [0.2, 0.25) is 0 Å². The van der Waals surface area contributed by atoms with Crippen LogP contribution in [0.1, 0.15) is 26.5 Å². The summed E-state index contributed by atoms with van der Waals surface area (Å²) in [6.45, 7) is 0. The highest BCUT2D eigenvalue weighted by atomic mass is 16.5. The number of furan rings is 1. The number of amides is 1. The zero-order valence-electron chi connectivity index (χ0n) is 15.3. The van der Waals surface area contributed by atoms with Crippen LogP contribution in [0.4, 0.5) is 0 Å². The molecule has 0 aliphatic rings. The lowest BCUT2D eigenvalue weighted by molar-refractivity contribution is 0.0600. The van der Waals surface area contributed by atoms with Crippen LogP contribution < -0.4 is 10.2 Å². The third kappa shape index (κ3) is 4.45. The molecule has 0 spiro atoms. The van der Waals surface area contributed by atoms with Gasteiger partial charge in [0.05, 0.1) is 26.0 Å². The second kappa shape index (κ2) is 8.68. The van der Waals surface area contributed by atoms with Crippen LogP contribution in [0, 0.1) is 0 Å². The average molecular weight is 378 g/mol. The monoisotopic (exact) mass is 378 g/mol. The molecule has 7 heteroatoms. The quantitative estimate of drug-likeness (QED) is 0.403. The van der Waals surface area contributed by atoms with Gasteiger partial charge >= 0.3 is 5.97 Å². The van der Waals surface area contributed by atoms with Crippen LogP contribution in [0.3, 0.4) is 0 Å². The second-order valence-corrected chi connectivity index (χ2v) is 5.70. The molecule has 3 aromatic rings. The normalized spacial score (nSPS) is 10.6. The summed E-state index contributed by atoms with van der Waals surface area (Å²) >= 11 is 0. The first kappa shape index (κ1) is 18.9. The molecule has 2 aromatic carbocycles. The van der Waals surface area contributed by atoms with Gasteiger partial charge in [-0.05, 0) is 48.5 Å². The Labute approximate surface area is 161 Å². The molecule has 1 N–H and O–H groups in total. The van der Waals surface area contributed by atoms with Gasteiger partial charge in [0.15, 0.2) is 0 Å². The maximum atomic E-state index is 12.1. The molecule has 0 saturated carbocycles. The summed E-state index contributed by atoms with van der Waals surface area (Å²) in [5, 5.41) is 3.90. The van der Waals surface area contributed by atoms with Gasteiger partial charge in [-0.3, -0.25) is 4.79 Å². The molecular weight excluding hydrogens is 360 g/mol. The fourth-order valence-corrected chi connectivity index (χ4v) is 2.46. The summed E-state index contributed by atoms with van der Waals surface area (Å²) in [6, 6.07) is 17.0. The van der Waals surface area contributed by atoms with Crippen molar-refractivity contribution in [3.05, 3.63) is 77.6 Å². The molecule has 0 aliphatic carbocycles. The number of nitrogens with zero attached hydrogens (tertiary/aromatic N) is 1. The lowest BCUT2D eigenvalue weighted by atomic mass is 10.1. The predicted molar refractivity (Wildman–Crippen MR) is 104 cm³/mol. The lowest BCUT2D eigenvalue weighted by Gasteiger charge is -2.02. The first-order chi connectivity index (χ1) is 13.6. The molecule has 0 atom stereocenters. The Kier molecular flexibility index (Phi) is 5.86. The molecular formula is C21H18N2O5. The van der Waals surface area contributed by atoms with Gasteiger partial charge in [-0.1, -0.05) is 12.1 Å². The zero-order chi connectivity index (χ0) is 19.9. The molecule has 0 fully saturated rings. The van der Waals surface area contributed by atoms with Gasteiger partial charge in [0, 0.05) is 11.1 Å². The van der Waals surface area contributed by atoms with Gasteiger partial charge in [0.25, 0.3) is 5.91 Å². The summed E-state index contributed by atoms with van der Waals surface area (Å²) in [7, 11) is 2.89. The van der Waals surface area contributed by atoms with Crippen molar-refractivity contribution in [3.8, 4) is 17.1 Å². The molecule has 0 bridgehead atoms. The molecule has 28 heavy (non-hydrogen) atoms. The van der Waals surface area contributed by atoms with Crippen LogP contribution >= 0.6 is 0 Å². The van der Waals surface area contributed by atoms with Crippen molar-refractivity contribution in [2.24, 2.45) is 5.10 Å². The summed E-state index contributed by atoms with van der Waals surface area (Å²) in [5.41, 5.74) is 4.05. The number of ether oxygens (including phenoxy) is 2. The van der Waals surface area contributed by atoms with Crippen LogP contribution in [0.5, 0.6) is 5.75 Å². The van der Waals surface area contributed by atoms with E-state index in [1.807, 2.05) is 6.07 Å². The van der Waals surface area contributed by atoms with Crippen LogP contribution in [0.25, 0.3) is 11.3 Å². The third-order valence-electron chi connectivity index (χ3n) is 3.91. The second-order valence-electron chi connectivity index (χ2n) is 5.70. The van der Waals surface area contributed by atoms with E-state index in [0.717, 1.165) is 5.56 Å². The Bertz CT molecular complexity index is 1010. The topological polar surface area (TPSA) is 90.1 Å². The summed E-state index contributed by atoms with van der Waals surface area (Å²) in [6.07, 6.45) is 1.40. The smallest absolute Gasteiger partial charge is 0.337 e. The van der Waals surface area contributed by atoms with E-state index in [1.54, 1.807) is 61.7 Å². The van der Waals surface area contributed by atoms with Crippen molar-refractivity contribution in [2.45, 2.75) is 0 Å². The molecule has 0 radical (unpaired) electrons. The van der Waals surface area contributed by atoms with Crippen molar-refractivity contribution in [1.82, 2.24) is 5.43 Å². The molecule has 1 heterocycles. The van der Waals surface area contributed by atoms with Gasteiger partial charge in [0.1, 0.15) is 17.3 Å². The number of nitrogens with one attached hydrogen (secondary N) is 1. The number of hydrogen-bond donors (Lipinski definition) is 1. The van der Waals surface area contributed by atoms with E-state index in [2.05, 4.69) is 10.5 Å². The van der Waals surface area contributed by atoms with E-state index >= 15 is 0 Å². The molecule has 142 valence electrons. The fraction of sp³-hybridized carbons (Fsp3) is 0.0952. The summed E-state index contributed by atoms with van der Waals surface area (Å²) in [5.74, 6) is 0.912. The number of hydrazone groups is 1. The highest BCUT2D eigenvalue weighted by molar-refractivity contribution is 5.95. The highest BCUT2D eigenvalue weighted by Crippen LogP contribution is 2.23. The van der Waals surface area contributed by atoms with Crippen molar-refractivity contribution in [3.63, 3.8) is 0 Å². The van der Waals surface area contributed by atoms with E-state index in [9.17, 15) is 9.59 Å². The molecule has 0 aliphatic heterocycles. The Morgan fingerprint density at radius 2 is 1.79 bits per heavy atom. The average Bonchev–Trinajstić information content (AvgIpc) is 3.22.